The summed E-state index contributed by atoms with van der Waals surface area (Å²) >= 11 is 0. The molecule has 1 fully saturated rings. The van der Waals surface area contributed by atoms with Crippen LogP contribution in [0.2, 0.25) is 0 Å². The van der Waals surface area contributed by atoms with Gasteiger partial charge in [-0.25, -0.2) is 0 Å². The van der Waals surface area contributed by atoms with Crippen molar-refractivity contribution in [3.63, 3.8) is 0 Å². The van der Waals surface area contributed by atoms with Crippen molar-refractivity contribution in [1.82, 2.24) is 10.2 Å². The minimum atomic E-state index is -0.0506. The number of benzene rings is 1. The highest BCUT2D eigenvalue weighted by Gasteiger charge is 2.24. The number of amides is 1. The van der Waals surface area contributed by atoms with E-state index in [9.17, 15) is 4.79 Å². The van der Waals surface area contributed by atoms with E-state index in [1.165, 1.54) is 18.1 Å². The lowest BCUT2D eigenvalue weighted by molar-refractivity contribution is 0.0937. The third kappa shape index (κ3) is 3.08. The Morgan fingerprint density at radius 2 is 2.15 bits per heavy atom. The molecule has 1 aliphatic rings. The van der Waals surface area contributed by atoms with Gasteiger partial charge in [-0.2, -0.15) is 0 Å². The minimum Gasteiger partial charge on any atom is -0.472 e. The van der Waals surface area contributed by atoms with Crippen LogP contribution in [0.3, 0.4) is 0 Å². The molecule has 1 atom stereocenters. The molecular weight excluding hydrogens is 252 g/mol. The number of nitrogens with one attached hydrogen (secondary N) is 1. The topological polar surface area (TPSA) is 45.5 Å². The van der Waals surface area contributed by atoms with Crippen LogP contribution in [0.25, 0.3) is 0 Å². The summed E-state index contributed by atoms with van der Waals surface area (Å²) in [6.07, 6.45) is 3.99. The summed E-state index contributed by atoms with van der Waals surface area (Å²) in [5.74, 6) is -0.0506. The summed E-state index contributed by atoms with van der Waals surface area (Å²) in [5.41, 5.74) is 1.90. The lowest BCUT2D eigenvalue weighted by atomic mass is 10.2. The average Bonchev–Trinajstić information content (AvgIpc) is 3.11. The van der Waals surface area contributed by atoms with Crippen molar-refractivity contribution in [2.75, 3.05) is 13.1 Å². The highest BCUT2D eigenvalue weighted by molar-refractivity contribution is 5.93. The summed E-state index contributed by atoms with van der Waals surface area (Å²) in [7, 11) is 0. The molecule has 0 aliphatic carbocycles. The van der Waals surface area contributed by atoms with E-state index in [0.29, 0.717) is 5.56 Å². The highest BCUT2D eigenvalue weighted by atomic mass is 16.3. The van der Waals surface area contributed by atoms with Crippen molar-refractivity contribution in [1.29, 1.82) is 0 Å². The highest BCUT2D eigenvalue weighted by Crippen LogP contribution is 2.14. The Balaban J connectivity index is 1.51. The molecule has 1 amide bonds. The Kier molecular flexibility index (Phi) is 3.83. The van der Waals surface area contributed by atoms with Gasteiger partial charge < -0.3 is 9.73 Å². The van der Waals surface area contributed by atoms with Gasteiger partial charge in [-0.05, 0) is 18.1 Å². The molecule has 0 bridgehead atoms. The van der Waals surface area contributed by atoms with Gasteiger partial charge in [-0.1, -0.05) is 30.3 Å². The quantitative estimate of drug-likeness (QED) is 0.927. The molecule has 1 saturated heterocycles. The first-order valence-corrected chi connectivity index (χ1v) is 6.90. The second-order valence-corrected chi connectivity index (χ2v) is 5.19. The second kappa shape index (κ2) is 5.92. The molecule has 2 aromatic rings. The standard InChI is InChI=1S/C16H18N2O2/c19-16(14-7-9-20-12-14)17-15-6-8-18(11-15)10-13-4-2-1-3-5-13/h1-5,7,9,12,15H,6,8,10-11H2,(H,17,19)/t15-/m0/s1. The van der Waals surface area contributed by atoms with Gasteiger partial charge in [0.1, 0.15) is 6.26 Å². The predicted octanol–water partition coefficient (Wildman–Crippen LogP) is 2.28. The van der Waals surface area contributed by atoms with Crippen LogP contribution >= 0.6 is 0 Å². The van der Waals surface area contributed by atoms with E-state index in [-0.39, 0.29) is 11.9 Å². The van der Waals surface area contributed by atoms with E-state index < -0.39 is 0 Å². The second-order valence-electron chi connectivity index (χ2n) is 5.19. The fourth-order valence-corrected chi connectivity index (χ4v) is 2.60. The fraction of sp³-hybridized carbons (Fsp3) is 0.312. The van der Waals surface area contributed by atoms with E-state index in [0.717, 1.165) is 26.1 Å². The van der Waals surface area contributed by atoms with Crippen molar-refractivity contribution in [3.8, 4) is 0 Å². The van der Waals surface area contributed by atoms with Gasteiger partial charge in [0.15, 0.2) is 0 Å². The molecule has 1 aromatic carbocycles. The third-order valence-electron chi connectivity index (χ3n) is 3.64. The molecule has 0 saturated carbocycles. The van der Waals surface area contributed by atoms with E-state index in [2.05, 4.69) is 34.5 Å². The van der Waals surface area contributed by atoms with Crippen molar-refractivity contribution < 1.29 is 9.21 Å². The molecular formula is C16H18N2O2. The van der Waals surface area contributed by atoms with Gasteiger partial charge in [-0.15, -0.1) is 0 Å². The lowest BCUT2D eigenvalue weighted by Gasteiger charge is -2.16. The molecule has 0 unspecified atom stereocenters. The van der Waals surface area contributed by atoms with Gasteiger partial charge in [0.2, 0.25) is 0 Å². The van der Waals surface area contributed by atoms with Crippen molar-refractivity contribution in [3.05, 3.63) is 60.1 Å². The zero-order chi connectivity index (χ0) is 13.8. The van der Waals surface area contributed by atoms with Crippen LogP contribution in [-0.2, 0) is 6.54 Å². The van der Waals surface area contributed by atoms with Gasteiger partial charge in [0.05, 0.1) is 11.8 Å². The maximum atomic E-state index is 11.9. The Bertz CT molecular complexity index is 551. The summed E-state index contributed by atoms with van der Waals surface area (Å²) in [6.45, 7) is 2.86. The van der Waals surface area contributed by atoms with Crippen molar-refractivity contribution >= 4 is 5.91 Å². The molecule has 1 aromatic heterocycles. The Morgan fingerprint density at radius 1 is 1.30 bits per heavy atom. The molecule has 3 rings (SSSR count). The van der Waals surface area contributed by atoms with Crippen molar-refractivity contribution in [2.24, 2.45) is 0 Å². The van der Waals surface area contributed by atoms with Crippen LogP contribution in [0.1, 0.15) is 22.3 Å². The first-order chi connectivity index (χ1) is 9.81. The first kappa shape index (κ1) is 12.9. The normalized spacial score (nSPS) is 19.1. The first-order valence-electron chi connectivity index (χ1n) is 6.90. The molecule has 20 heavy (non-hydrogen) atoms. The number of nitrogens with zero attached hydrogens (tertiary/aromatic N) is 1. The minimum absolute atomic E-state index is 0.0506. The number of rotatable bonds is 4. The number of carbonyl (C=O) groups is 1. The van der Waals surface area contributed by atoms with E-state index in [1.54, 1.807) is 6.07 Å². The largest absolute Gasteiger partial charge is 0.472 e. The number of likely N-dealkylation sites (tertiary alicyclic amines) is 1. The molecule has 2 heterocycles. The van der Waals surface area contributed by atoms with E-state index in [1.807, 2.05) is 6.07 Å². The lowest BCUT2D eigenvalue weighted by Crippen LogP contribution is -2.36. The molecule has 104 valence electrons. The van der Waals surface area contributed by atoms with Crippen LogP contribution in [0, 0.1) is 0 Å². The average molecular weight is 270 g/mol. The van der Waals surface area contributed by atoms with Gasteiger partial charge >= 0.3 is 0 Å². The number of hydrogen-bond acceptors (Lipinski definition) is 3. The zero-order valence-electron chi connectivity index (χ0n) is 11.3. The molecule has 0 radical (unpaired) electrons. The van der Waals surface area contributed by atoms with E-state index >= 15 is 0 Å². The Morgan fingerprint density at radius 3 is 2.90 bits per heavy atom. The number of carbonyl (C=O) groups excluding carboxylic acids is 1. The predicted molar refractivity (Wildman–Crippen MR) is 76.3 cm³/mol. The molecule has 4 heteroatoms. The van der Waals surface area contributed by atoms with Crippen LogP contribution in [-0.4, -0.2) is 29.9 Å². The van der Waals surface area contributed by atoms with Crippen molar-refractivity contribution in [2.45, 2.75) is 19.0 Å². The van der Waals surface area contributed by atoms with Gasteiger partial charge in [0, 0.05) is 25.7 Å². The monoisotopic (exact) mass is 270 g/mol. The number of hydrogen-bond donors (Lipinski definition) is 1. The summed E-state index contributed by atoms with van der Waals surface area (Å²) < 4.78 is 4.93. The van der Waals surface area contributed by atoms with Crippen LogP contribution < -0.4 is 5.32 Å². The maximum Gasteiger partial charge on any atom is 0.254 e. The van der Waals surface area contributed by atoms with Crippen LogP contribution in [0.4, 0.5) is 0 Å². The maximum absolute atomic E-state index is 11.9. The third-order valence-corrected chi connectivity index (χ3v) is 3.64. The number of furan rings is 1. The van der Waals surface area contributed by atoms with Gasteiger partial charge in [0.25, 0.3) is 5.91 Å². The SMILES string of the molecule is O=C(N[C@H]1CCN(Cc2ccccc2)C1)c1ccoc1. The Hall–Kier alpha value is -2.07. The summed E-state index contributed by atoms with van der Waals surface area (Å²) in [4.78, 5) is 14.3. The fourth-order valence-electron chi connectivity index (χ4n) is 2.60. The molecule has 0 spiro atoms. The smallest absolute Gasteiger partial charge is 0.254 e. The summed E-state index contributed by atoms with van der Waals surface area (Å²) in [6, 6.07) is 12.3. The molecule has 1 N–H and O–H groups in total. The zero-order valence-corrected chi connectivity index (χ0v) is 11.3. The Labute approximate surface area is 118 Å². The van der Waals surface area contributed by atoms with Crippen LogP contribution in [0.5, 0.6) is 0 Å². The molecule has 4 nitrogen and oxygen atoms in total. The van der Waals surface area contributed by atoms with Crippen LogP contribution in [0.15, 0.2) is 53.3 Å². The molecule has 1 aliphatic heterocycles. The summed E-state index contributed by atoms with van der Waals surface area (Å²) in [5, 5.41) is 3.06. The van der Waals surface area contributed by atoms with E-state index in [4.69, 9.17) is 4.42 Å². The van der Waals surface area contributed by atoms with Gasteiger partial charge in [-0.3, -0.25) is 9.69 Å².